The number of carbonyl (C=O) groups is 2. The van der Waals surface area contributed by atoms with Gasteiger partial charge in [-0.05, 0) is 36.6 Å². The fourth-order valence-electron chi connectivity index (χ4n) is 2.76. The normalized spacial score (nSPS) is 14.3. The van der Waals surface area contributed by atoms with E-state index in [4.69, 9.17) is 25.8 Å². The Hall–Kier alpha value is -2.99. The van der Waals surface area contributed by atoms with Gasteiger partial charge in [0.25, 0.3) is 5.91 Å². The van der Waals surface area contributed by atoms with Crippen molar-refractivity contribution in [3.8, 4) is 11.5 Å². The second-order valence-corrected chi connectivity index (χ2v) is 6.99. The molecule has 152 valence electrons. The third-order valence-electron chi connectivity index (χ3n) is 4.37. The number of nitrogens with one attached hydrogen (secondary N) is 1. The minimum absolute atomic E-state index is 0.164. The molecule has 0 bridgehead atoms. The largest absolute Gasteiger partial charge is 0.493 e. The van der Waals surface area contributed by atoms with E-state index in [0.29, 0.717) is 27.6 Å². The quantitative estimate of drug-likeness (QED) is 0.522. The average Bonchev–Trinajstić information content (AvgIpc) is 3.54. The third kappa shape index (κ3) is 5.51. The summed E-state index contributed by atoms with van der Waals surface area (Å²) >= 11 is 6.18. The molecule has 1 fully saturated rings. The van der Waals surface area contributed by atoms with Gasteiger partial charge in [0.05, 0.1) is 19.2 Å². The maximum absolute atomic E-state index is 12.5. The maximum Gasteiger partial charge on any atom is 0.331 e. The number of halogens is 1. The highest BCUT2D eigenvalue weighted by molar-refractivity contribution is 6.32. The van der Waals surface area contributed by atoms with Crippen molar-refractivity contribution < 1.29 is 23.8 Å². The molecule has 1 atom stereocenters. The van der Waals surface area contributed by atoms with E-state index in [9.17, 15) is 9.59 Å². The molecule has 3 rings (SSSR count). The first-order valence-electron chi connectivity index (χ1n) is 9.17. The molecule has 0 heterocycles. The Bertz CT molecular complexity index is 909. The summed E-state index contributed by atoms with van der Waals surface area (Å²) in [5.41, 5.74) is 1.24. The van der Waals surface area contributed by atoms with Crippen LogP contribution in [0.15, 0.2) is 48.5 Å². The van der Waals surface area contributed by atoms with Crippen molar-refractivity contribution in [3.63, 3.8) is 0 Å². The van der Waals surface area contributed by atoms with Crippen molar-refractivity contribution in [2.75, 3.05) is 14.2 Å². The highest BCUT2D eigenvalue weighted by atomic mass is 35.5. The number of ether oxygens (including phenoxy) is 3. The number of rotatable bonds is 8. The van der Waals surface area contributed by atoms with Gasteiger partial charge >= 0.3 is 5.97 Å². The lowest BCUT2D eigenvalue weighted by Gasteiger charge is -2.17. The molecule has 2 aromatic rings. The first kappa shape index (κ1) is 20.7. The van der Waals surface area contributed by atoms with Crippen LogP contribution in [-0.4, -0.2) is 32.1 Å². The smallest absolute Gasteiger partial charge is 0.331 e. The number of hydrogen-bond acceptors (Lipinski definition) is 5. The van der Waals surface area contributed by atoms with Gasteiger partial charge in [-0.2, -0.15) is 0 Å². The summed E-state index contributed by atoms with van der Waals surface area (Å²) < 4.78 is 15.9. The molecule has 0 aromatic heterocycles. The summed E-state index contributed by atoms with van der Waals surface area (Å²) in [6, 6.07) is 12.4. The molecule has 0 saturated heterocycles. The SMILES string of the molecule is COc1cc(/C=C/C(=O)OC(C(=O)NC2CC2)c2ccccc2)cc(Cl)c1OC. The maximum atomic E-state index is 12.5. The number of amides is 1. The zero-order chi connectivity index (χ0) is 20.8. The average molecular weight is 416 g/mol. The summed E-state index contributed by atoms with van der Waals surface area (Å²) in [5.74, 6) is -0.112. The van der Waals surface area contributed by atoms with E-state index in [-0.39, 0.29) is 11.9 Å². The molecule has 29 heavy (non-hydrogen) atoms. The van der Waals surface area contributed by atoms with E-state index >= 15 is 0 Å². The van der Waals surface area contributed by atoms with Crippen LogP contribution < -0.4 is 14.8 Å². The first-order chi connectivity index (χ1) is 14.0. The third-order valence-corrected chi connectivity index (χ3v) is 4.65. The molecule has 1 N–H and O–H groups in total. The van der Waals surface area contributed by atoms with Gasteiger partial charge in [-0.25, -0.2) is 4.79 Å². The topological polar surface area (TPSA) is 73.9 Å². The van der Waals surface area contributed by atoms with Crippen LogP contribution in [0, 0.1) is 0 Å². The van der Waals surface area contributed by atoms with Crippen LogP contribution in [0.2, 0.25) is 5.02 Å². The highest BCUT2D eigenvalue weighted by Gasteiger charge is 2.30. The molecule has 1 amide bonds. The van der Waals surface area contributed by atoms with Crippen LogP contribution in [0.25, 0.3) is 6.08 Å². The van der Waals surface area contributed by atoms with Gasteiger partial charge in [-0.15, -0.1) is 0 Å². The Morgan fingerprint density at radius 3 is 2.48 bits per heavy atom. The fourth-order valence-corrected chi connectivity index (χ4v) is 3.06. The molecule has 6 nitrogen and oxygen atoms in total. The Morgan fingerprint density at radius 1 is 1.14 bits per heavy atom. The van der Waals surface area contributed by atoms with E-state index in [1.165, 1.54) is 26.4 Å². The van der Waals surface area contributed by atoms with Crippen LogP contribution in [-0.2, 0) is 14.3 Å². The Kier molecular flexibility index (Phi) is 6.77. The van der Waals surface area contributed by atoms with E-state index in [1.807, 2.05) is 6.07 Å². The second kappa shape index (κ2) is 9.47. The molecule has 1 aliphatic carbocycles. The summed E-state index contributed by atoms with van der Waals surface area (Å²) in [5, 5.41) is 3.23. The lowest BCUT2D eigenvalue weighted by molar-refractivity contribution is -0.151. The molecular weight excluding hydrogens is 394 g/mol. The van der Waals surface area contributed by atoms with Gasteiger partial charge in [-0.3, -0.25) is 4.79 Å². The van der Waals surface area contributed by atoms with E-state index < -0.39 is 12.1 Å². The van der Waals surface area contributed by atoms with Gasteiger partial charge in [0, 0.05) is 17.7 Å². The second-order valence-electron chi connectivity index (χ2n) is 6.58. The fraction of sp³-hybridized carbons (Fsp3) is 0.273. The first-order valence-corrected chi connectivity index (χ1v) is 9.55. The van der Waals surface area contributed by atoms with Crippen molar-refractivity contribution in [2.45, 2.75) is 25.0 Å². The van der Waals surface area contributed by atoms with E-state index in [2.05, 4.69) is 5.32 Å². The molecule has 1 saturated carbocycles. The number of methoxy groups -OCH3 is 2. The molecule has 0 aliphatic heterocycles. The van der Waals surface area contributed by atoms with Crippen LogP contribution in [0.3, 0.4) is 0 Å². The van der Waals surface area contributed by atoms with Crippen molar-refractivity contribution in [3.05, 3.63) is 64.7 Å². The highest BCUT2D eigenvalue weighted by Crippen LogP contribution is 2.36. The number of hydrogen-bond donors (Lipinski definition) is 1. The van der Waals surface area contributed by atoms with Gasteiger partial charge in [0.15, 0.2) is 11.5 Å². The van der Waals surface area contributed by atoms with Gasteiger partial charge < -0.3 is 19.5 Å². The predicted octanol–water partition coefficient (Wildman–Crippen LogP) is 3.93. The lowest BCUT2D eigenvalue weighted by atomic mass is 10.1. The Morgan fingerprint density at radius 2 is 1.86 bits per heavy atom. The van der Waals surface area contributed by atoms with E-state index in [1.54, 1.807) is 36.4 Å². The summed E-state index contributed by atoms with van der Waals surface area (Å²) in [4.78, 5) is 24.9. The monoisotopic (exact) mass is 415 g/mol. The minimum atomic E-state index is -1.01. The van der Waals surface area contributed by atoms with Crippen molar-refractivity contribution in [1.82, 2.24) is 5.32 Å². The van der Waals surface area contributed by atoms with Gasteiger partial charge in [0.2, 0.25) is 6.10 Å². The van der Waals surface area contributed by atoms with Crippen LogP contribution in [0.4, 0.5) is 0 Å². The zero-order valence-electron chi connectivity index (χ0n) is 16.2. The molecule has 1 unspecified atom stereocenters. The minimum Gasteiger partial charge on any atom is -0.493 e. The number of benzene rings is 2. The Balaban J connectivity index is 1.74. The number of esters is 1. The molecule has 0 spiro atoms. The Labute approximate surface area is 174 Å². The predicted molar refractivity (Wildman–Crippen MR) is 110 cm³/mol. The van der Waals surface area contributed by atoms with Gasteiger partial charge in [-0.1, -0.05) is 41.9 Å². The van der Waals surface area contributed by atoms with Crippen LogP contribution in [0.1, 0.15) is 30.1 Å². The van der Waals surface area contributed by atoms with Gasteiger partial charge in [0.1, 0.15) is 0 Å². The lowest BCUT2D eigenvalue weighted by Crippen LogP contribution is -2.33. The van der Waals surface area contributed by atoms with Crippen molar-refractivity contribution >= 4 is 29.6 Å². The summed E-state index contributed by atoms with van der Waals surface area (Å²) in [6.45, 7) is 0. The molecule has 0 radical (unpaired) electrons. The molecule has 7 heteroatoms. The molecule has 1 aliphatic rings. The molecular formula is C22H22ClNO5. The zero-order valence-corrected chi connectivity index (χ0v) is 16.9. The molecule has 2 aromatic carbocycles. The van der Waals surface area contributed by atoms with E-state index in [0.717, 1.165) is 12.8 Å². The summed E-state index contributed by atoms with van der Waals surface area (Å²) in [7, 11) is 2.99. The van der Waals surface area contributed by atoms with Crippen molar-refractivity contribution in [1.29, 1.82) is 0 Å². The number of carbonyl (C=O) groups excluding carboxylic acids is 2. The van der Waals surface area contributed by atoms with Crippen LogP contribution >= 0.6 is 11.6 Å². The van der Waals surface area contributed by atoms with Crippen molar-refractivity contribution in [2.24, 2.45) is 0 Å². The summed E-state index contributed by atoms with van der Waals surface area (Å²) in [6.07, 6.45) is 3.67. The van der Waals surface area contributed by atoms with Crippen LogP contribution in [0.5, 0.6) is 11.5 Å². The standard InChI is InChI=1S/C22H22ClNO5/c1-27-18-13-14(12-17(23)21(18)28-2)8-11-19(25)29-20(15-6-4-3-5-7-15)22(26)24-16-9-10-16/h3-8,11-13,16,20H,9-10H2,1-2H3,(H,24,26)/b11-8+.